The number of hydrogen-bond donors (Lipinski definition) is 0. The quantitative estimate of drug-likeness (QED) is 0.362. The fourth-order valence-corrected chi connectivity index (χ4v) is 2.16. The van der Waals surface area contributed by atoms with Gasteiger partial charge in [-0.25, -0.2) is 4.79 Å². The summed E-state index contributed by atoms with van der Waals surface area (Å²) in [7, 11) is 0. The van der Waals surface area contributed by atoms with E-state index in [2.05, 4.69) is 34.3 Å². The van der Waals surface area contributed by atoms with Gasteiger partial charge in [0.2, 0.25) is 0 Å². The summed E-state index contributed by atoms with van der Waals surface area (Å²) in [5.74, 6) is -0.325. The third kappa shape index (κ3) is 3.97. The number of nitrogens with zero attached hydrogens (tertiary/aromatic N) is 1. The predicted molar refractivity (Wildman–Crippen MR) is 67.1 cm³/mol. The summed E-state index contributed by atoms with van der Waals surface area (Å²) in [6, 6.07) is 0.609. The SMILES string of the molecule is C=CC(=O)OCC[N+](CC)(CC)C(C)CC. The van der Waals surface area contributed by atoms with Gasteiger partial charge in [0.15, 0.2) is 0 Å². The Kier molecular flexibility index (Phi) is 7.06. The number of esters is 1. The summed E-state index contributed by atoms with van der Waals surface area (Å²) in [5, 5.41) is 0. The lowest BCUT2D eigenvalue weighted by Crippen LogP contribution is -2.55. The van der Waals surface area contributed by atoms with Crippen LogP contribution in [0.25, 0.3) is 0 Å². The van der Waals surface area contributed by atoms with Gasteiger partial charge < -0.3 is 9.22 Å². The van der Waals surface area contributed by atoms with Gasteiger partial charge in [0, 0.05) is 6.08 Å². The van der Waals surface area contributed by atoms with E-state index >= 15 is 0 Å². The average Bonchev–Trinajstić information content (AvgIpc) is 2.33. The second-order valence-corrected chi connectivity index (χ2v) is 4.20. The molecule has 0 aliphatic heterocycles. The highest BCUT2D eigenvalue weighted by atomic mass is 16.5. The molecule has 1 atom stereocenters. The number of ether oxygens (including phenoxy) is 1. The third-order valence-corrected chi connectivity index (χ3v) is 3.73. The van der Waals surface area contributed by atoms with Gasteiger partial charge in [-0.2, -0.15) is 0 Å². The lowest BCUT2D eigenvalue weighted by molar-refractivity contribution is -0.946. The maximum absolute atomic E-state index is 11.0. The van der Waals surface area contributed by atoms with Crippen LogP contribution in [-0.2, 0) is 9.53 Å². The Bertz CT molecular complexity index is 222. The minimum atomic E-state index is -0.325. The fourth-order valence-electron chi connectivity index (χ4n) is 2.16. The molecule has 0 saturated carbocycles. The zero-order valence-corrected chi connectivity index (χ0v) is 11.2. The molecule has 0 aromatic heterocycles. The smallest absolute Gasteiger partial charge is 0.330 e. The maximum Gasteiger partial charge on any atom is 0.330 e. The number of hydrogen-bond acceptors (Lipinski definition) is 2. The molecule has 0 amide bonds. The summed E-state index contributed by atoms with van der Waals surface area (Å²) in [4.78, 5) is 11.0. The van der Waals surface area contributed by atoms with Gasteiger partial charge in [0.25, 0.3) is 0 Å². The van der Waals surface area contributed by atoms with Gasteiger partial charge in [0.05, 0.1) is 19.1 Å². The van der Waals surface area contributed by atoms with E-state index in [0.29, 0.717) is 12.6 Å². The Morgan fingerprint density at radius 1 is 1.38 bits per heavy atom. The molecule has 0 N–H and O–H groups in total. The van der Waals surface area contributed by atoms with Crippen LogP contribution < -0.4 is 0 Å². The molecule has 0 aromatic carbocycles. The van der Waals surface area contributed by atoms with Crippen LogP contribution in [0.1, 0.15) is 34.1 Å². The molecular formula is C13H26NO2+. The van der Waals surface area contributed by atoms with Crippen molar-refractivity contribution in [3.63, 3.8) is 0 Å². The fraction of sp³-hybridized carbons (Fsp3) is 0.769. The van der Waals surface area contributed by atoms with E-state index in [-0.39, 0.29) is 5.97 Å². The van der Waals surface area contributed by atoms with Crippen molar-refractivity contribution in [3.05, 3.63) is 12.7 Å². The van der Waals surface area contributed by atoms with Crippen molar-refractivity contribution in [1.29, 1.82) is 0 Å². The van der Waals surface area contributed by atoms with E-state index in [1.165, 1.54) is 6.08 Å². The standard InChI is InChI=1S/C13H26NO2/c1-6-12(5)14(8-3,9-4)10-11-16-13(15)7-2/h7,12H,2,6,8-11H2,1,3-5H3/q+1. The molecule has 0 rings (SSSR count). The lowest BCUT2D eigenvalue weighted by atomic mass is 10.1. The monoisotopic (exact) mass is 228 g/mol. The Balaban J connectivity index is 4.32. The van der Waals surface area contributed by atoms with Crippen LogP contribution in [0.5, 0.6) is 0 Å². The van der Waals surface area contributed by atoms with Crippen molar-refractivity contribution in [2.75, 3.05) is 26.2 Å². The number of rotatable bonds is 8. The molecule has 0 aromatic rings. The average molecular weight is 228 g/mol. The van der Waals surface area contributed by atoms with E-state index in [1.807, 2.05) is 0 Å². The molecule has 94 valence electrons. The molecule has 16 heavy (non-hydrogen) atoms. The highest BCUT2D eigenvalue weighted by Crippen LogP contribution is 2.15. The van der Waals surface area contributed by atoms with Crippen LogP contribution in [0, 0.1) is 0 Å². The largest absolute Gasteiger partial charge is 0.457 e. The Morgan fingerprint density at radius 2 is 1.94 bits per heavy atom. The molecule has 3 heteroatoms. The van der Waals surface area contributed by atoms with E-state index in [4.69, 9.17) is 4.74 Å². The molecule has 0 spiro atoms. The van der Waals surface area contributed by atoms with Gasteiger partial charge in [-0.15, -0.1) is 0 Å². The van der Waals surface area contributed by atoms with Crippen molar-refractivity contribution >= 4 is 5.97 Å². The second-order valence-electron chi connectivity index (χ2n) is 4.20. The van der Waals surface area contributed by atoms with Crippen LogP contribution in [0.2, 0.25) is 0 Å². The van der Waals surface area contributed by atoms with Crippen molar-refractivity contribution in [2.24, 2.45) is 0 Å². The Morgan fingerprint density at radius 3 is 2.31 bits per heavy atom. The van der Waals surface area contributed by atoms with E-state index in [9.17, 15) is 4.79 Å². The zero-order valence-electron chi connectivity index (χ0n) is 11.2. The topological polar surface area (TPSA) is 26.3 Å². The van der Waals surface area contributed by atoms with Crippen molar-refractivity contribution in [2.45, 2.75) is 40.2 Å². The molecule has 0 fully saturated rings. The first-order valence-electron chi connectivity index (χ1n) is 6.21. The van der Waals surface area contributed by atoms with E-state index < -0.39 is 0 Å². The predicted octanol–water partition coefficient (Wildman–Crippen LogP) is 2.37. The molecule has 0 heterocycles. The van der Waals surface area contributed by atoms with Crippen molar-refractivity contribution in [1.82, 2.24) is 0 Å². The lowest BCUT2D eigenvalue weighted by Gasteiger charge is -2.41. The van der Waals surface area contributed by atoms with Gasteiger partial charge in [-0.3, -0.25) is 0 Å². The highest BCUT2D eigenvalue weighted by Gasteiger charge is 2.29. The second kappa shape index (κ2) is 7.44. The number of likely N-dealkylation sites (N-methyl/N-ethyl adjacent to an activating group) is 1. The number of carbonyl (C=O) groups is 1. The van der Waals surface area contributed by atoms with Gasteiger partial charge in [-0.1, -0.05) is 13.5 Å². The molecule has 1 unspecified atom stereocenters. The molecular weight excluding hydrogens is 202 g/mol. The third-order valence-electron chi connectivity index (χ3n) is 3.73. The first kappa shape index (κ1) is 15.2. The van der Waals surface area contributed by atoms with Crippen LogP contribution in [0.3, 0.4) is 0 Å². The number of carbonyl (C=O) groups excluding carboxylic acids is 1. The van der Waals surface area contributed by atoms with Crippen molar-refractivity contribution in [3.8, 4) is 0 Å². The minimum absolute atomic E-state index is 0.325. The molecule has 0 aliphatic rings. The summed E-state index contributed by atoms with van der Waals surface area (Å²) >= 11 is 0. The zero-order chi connectivity index (χ0) is 12.6. The van der Waals surface area contributed by atoms with E-state index in [1.54, 1.807) is 0 Å². The Labute approximate surface area is 99.7 Å². The molecule has 3 nitrogen and oxygen atoms in total. The molecule has 0 aliphatic carbocycles. The van der Waals surface area contributed by atoms with Gasteiger partial charge in [-0.05, 0) is 27.2 Å². The summed E-state index contributed by atoms with van der Waals surface area (Å²) < 4.78 is 6.09. The highest BCUT2D eigenvalue weighted by molar-refractivity contribution is 5.81. The van der Waals surface area contributed by atoms with Crippen LogP contribution in [0.15, 0.2) is 12.7 Å². The van der Waals surface area contributed by atoms with Gasteiger partial charge in [0.1, 0.15) is 13.2 Å². The van der Waals surface area contributed by atoms with Gasteiger partial charge >= 0.3 is 5.97 Å². The van der Waals surface area contributed by atoms with E-state index in [0.717, 1.165) is 30.5 Å². The first-order chi connectivity index (χ1) is 7.56. The first-order valence-corrected chi connectivity index (χ1v) is 6.21. The minimum Gasteiger partial charge on any atom is -0.457 e. The summed E-state index contributed by atoms with van der Waals surface area (Å²) in [6.45, 7) is 15.8. The van der Waals surface area contributed by atoms with Crippen molar-refractivity contribution < 1.29 is 14.0 Å². The Hall–Kier alpha value is -0.830. The molecule has 0 radical (unpaired) electrons. The normalized spacial score (nSPS) is 13.2. The van der Waals surface area contributed by atoms with Crippen LogP contribution in [-0.4, -0.2) is 42.7 Å². The van der Waals surface area contributed by atoms with Crippen LogP contribution in [0.4, 0.5) is 0 Å². The van der Waals surface area contributed by atoms with Crippen LogP contribution >= 0.6 is 0 Å². The number of quaternary nitrogens is 1. The maximum atomic E-state index is 11.0. The molecule has 0 bridgehead atoms. The summed E-state index contributed by atoms with van der Waals surface area (Å²) in [5.41, 5.74) is 0. The summed E-state index contributed by atoms with van der Waals surface area (Å²) in [6.07, 6.45) is 2.37. The molecule has 0 saturated heterocycles.